The molecule has 18 nitrogen and oxygen atoms in total. The van der Waals surface area contributed by atoms with E-state index in [0.717, 1.165) is 136 Å². The molecule has 4 aliphatic rings. The number of primary sulfonamides is 2. The molecule has 4 aromatic rings. The Hall–Kier alpha value is -4.42. The number of unbranched alkanes of at least 4 members (excludes halogenated alkanes) is 1. The third-order valence-electron chi connectivity index (χ3n) is 16.4. The van der Waals surface area contributed by atoms with E-state index >= 15 is 0 Å². The smallest absolute Gasteiger partial charge is 0.314 e. The SMILES string of the molecule is Cc1cc(Cl)cc2c1CN(C)CC2c1cccc(S(N)(=O)=O)c1C1CCN(CCOCCNC(=O)NCCCCNC(=O)NCCOCCN2CCC(c3c(C4CN(C)Cc5c(C)cc(Cl)cc54)cccc3S(N)(=O)=O)CC2)CC1. The predicted octanol–water partition coefficient (Wildman–Crippen LogP) is 6.53. The highest BCUT2D eigenvalue weighted by molar-refractivity contribution is 7.89. The summed E-state index contributed by atoms with van der Waals surface area (Å²) in [6, 6.07) is 18.5. The summed E-state index contributed by atoms with van der Waals surface area (Å²) in [6.45, 7) is 15.3. The van der Waals surface area contributed by atoms with E-state index < -0.39 is 20.0 Å². The fraction of sp³-hybridized carbons (Fsp3) is 0.552. The van der Waals surface area contributed by atoms with Gasteiger partial charge in [-0.2, -0.15) is 0 Å². The molecule has 2 fully saturated rings. The third kappa shape index (κ3) is 16.2. The number of rotatable bonds is 23. The van der Waals surface area contributed by atoms with Crippen LogP contribution in [0.2, 0.25) is 10.0 Å². The molecule has 2 atom stereocenters. The van der Waals surface area contributed by atoms with E-state index in [0.29, 0.717) is 75.5 Å². The van der Waals surface area contributed by atoms with Gasteiger partial charge in [-0.3, -0.25) is 0 Å². The lowest BCUT2D eigenvalue weighted by molar-refractivity contribution is 0.0956. The molecule has 22 heteroatoms. The molecular formula is C58H82Cl2N10O8S2. The molecule has 0 saturated carbocycles. The average Bonchev–Trinajstić information content (AvgIpc) is 3.57. The number of likely N-dealkylation sites (tertiary alicyclic amines) is 2. The van der Waals surface area contributed by atoms with Crippen LogP contribution in [0.5, 0.6) is 0 Å². The van der Waals surface area contributed by atoms with Gasteiger partial charge in [-0.1, -0.05) is 47.5 Å². The molecule has 438 valence electrons. The van der Waals surface area contributed by atoms with Crippen LogP contribution in [0.15, 0.2) is 70.5 Å². The topological polar surface area (TPSA) is 234 Å². The molecule has 8 rings (SSSR count). The van der Waals surface area contributed by atoms with Gasteiger partial charge in [-0.15, -0.1) is 0 Å². The van der Waals surface area contributed by atoms with E-state index in [4.69, 9.17) is 43.0 Å². The van der Waals surface area contributed by atoms with E-state index in [1.54, 1.807) is 12.1 Å². The van der Waals surface area contributed by atoms with Gasteiger partial charge < -0.3 is 50.3 Å². The van der Waals surface area contributed by atoms with Crippen LogP contribution in [-0.2, 0) is 42.6 Å². The Balaban J connectivity index is 0.651. The van der Waals surface area contributed by atoms with Gasteiger partial charge in [0.1, 0.15) is 0 Å². The van der Waals surface area contributed by atoms with Gasteiger partial charge in [0.25, 0.3) is 0 Å². The van der Waals surface area contributed by atoms with Crippen molar-refractivity contribution in [1.82, 2.24) is 40.9 Å². The highest BCUT2D eigenvalue weighted by Crippen LogP contribution is 2.45. The number of piperidine rings is 2. The van der Waals surface area contributed by atoms with Crippen LogP contribution in [0, 0.1) is 13.8 Å². The van der Waals surface area contributed by atoms with Gasteiger partial charge >= 0.3 is 12.1 Å². The summed E-state index contributed by atoms with van der Waals surface area (Å²) < 4.78 is 63.8. The summed E-state index contributed by atoms with van der Waals surface area (Å²) in [6.07, 6.45) is 4.54. The summed E-state index contributed by atoms with van der Waals surface area (Å²) in [7, 11) is -3.75. The molecule has 0 bridgehead atoms. The minimum atomic E-state index is -3.97. The lowest BCUT2D eigenvalue weighted by Gasteiger charge is -2.38. The minimum Gasteiger partial charge on any atom is -0.378 e. The Labute approximate surface area is 484 Å². The van der Waals surface area contributed by atoms with Gasteiger partial charge in [0.2, 0.25) is 20.0 Å². The first kappa shape index (κ1) is 61.6. The number of urea groups is 2. The van der Waals surface area contributed by atoms with Gasteiger partial charge in [0.05, 0.1) is 36.2 Å². The average molecular weight is 1180 g/mol. The van der Waals surface area contributed by atoms with E-state index in [1.165, 1.54) is 11.1 Å². The van der Waals surface area contributed by atoms with Crippen molar-refractivity contribution in [2.24, 2.45) is 10.3 Å². The van der Waals surface area contributed by atoms with Crippen LogP contribution in [0.4, 0.5) is 9.59 Å². The highest BCUT2D eigenvalue weighted by Gasteiger charge is 2.36. The molecule has 4 heterocycles. The summed E-state index contributed by atoms with van der Waals surface area (Å²) in [4.78, 5) is 34.4. The summed E-state index contributed by atoms with van der Waals surface area (Å²) in [5.74, 6) is -0.0238. The second kappa shape index (κ2) is 28.2. The number of benzene rings is 4. The molecule has 4 amide bonds. The number of nitrogens with one attached hydrogen (secondary N) is 4. The first-order valence-corrected chi connectivity index (χ1v) is 32.0. The second-order valence-electron chi connectivity index (χ2n) is 22.2. The molecule has 8 N–H and O–H groups in total. The molecule has 4 aliphatic heterocycles. The van der Waals surface area contributed by atoms with Gasteiger partial charge in [0.15, 0.2) is 0 Å². The molecular weight excluding hydrogens is 1100 g/mol. The van der Waals surface area contributed by atoms with Gasteiger partial charge in [0, 0.05) is 87.3 Å². The van der Waals surface area contributed by atoms with Crippen molar-refractivity contribution in [1.29, 1.82) is 0 Å². The number of fused-ring (bicyclic) bond motifs is 2. The van der Waals surface area contributed by atoms with Crippen molar-refractivity contribution < 1.29 is 35.9 Å². The number of aryl methyl sites for hydroxylation is 2. The van der Waals surface area contributed by atoms with Crippen LogP contribution in [0.25, 0.3) is 0 Å². The number of carbonyl (C=O) groups excluding carboxylic acids is 2. The largest absolute Gasteiger partial charge is 0.378 e. The number of amides is 4. The Morgan fingerprint density at radius 2 is 0.938 bits per heavy atom. The minimum absolute atomic E-state index is 0.0285. The monoisotopic (exact) mass is 1180 g/mol. The van der Waals surface area contributed by atoms with E-state index in [-0.39, 0.29) is 45.5 Å². The maximum atomic E-state index is 13.0. The summed E-state index contributed by atoms with van der Waals surface area (Å²) in [5, 5.41) is 24.4. The Morgan fingerprint density at radius 3 is 1.31 bits per heavy atom. The Morgan fingerprint density at radius 1 is 0.562 bits per heavy atom. The zero-order valence-electron chi connectivity index (χ0n) is 46.8. The molecule has 0 aliphatic carbocycles. The van der Waals surface area contributed by atoms with Gasteiger partial charge in [-0.25, -0.2) is 36.7 Å². The molecule has 2 unspecified atom stereocenters. The molecule has 0 radical (unpaired) electrons. The maximum Gasteiger partial charge on any atom is 0.314 e. The van der Waals surface area contributed by atoms with Crippen molar-refractivity contribution >= 4 is 55.3 Å². The van der Waals surface area contributed by atoms with Crippen LogP contribution in [0.1, 0.15) is 118 Å². The number of nitrogens with two attached hydrogens (primary N) is 2. The number of ether oxygens (including phenoxy) is 2. The zero-order chi connectivity index (χ0) is 57.1. The van der Waals surface area contributed by atoms with Crippen LogP contribution < -0.4 is 31.5 Å². The second-order valence-corrected chi connectivity index (χ2v) is 26.1. The molecule has 4 aromatic carbocycles. The van der Waals surface area contributed by atoms with Crippen molar-refractivity contribution in [2.45, 2.75) is 98.9 Å². The molecule has 2 saturated heterocycles. The lowest BCUT2D eigenvalue weighted by atomic mass is 9.77. The van der Waals surface area contributed by atoms with Crippen LogP contribution >= 0.6 is 23.2 Å². The van der Waals surface area contributed by atoms with Crippen LogP contribution in [0.3, 0.4) is 0 Å². The lowest BCUT2D eigenvalue weighted by Crippen LogP contribution is -2.39. The maximum absolute atomic E-state index is 13.0. The molecule has 0 spiro atoms. The summed E-state index contributed by atoms with van der Waals surface area (Å²) >= 11 is 13.2. The fourth-order valence-corrected chi connectivity index (χ4v) is 14.8. The van der Waals surface area contributed by atoms with Crippen molar-refractivity contribution in [2.75, 3.05) is 119 Å². The number of hydrogen-bond donors (Lipinski definition) is 6. The third-order valence-corrected chi connectivity index (χ3v) is 18.8. The number of halogens is 2. The fourth-order valence-electron chi connectivity index (χ4n) is 12.5. The zero-order valence-corrected chi connectivity index (χ0v) is 50.0. The Bertz CT molecular complexity index is 2830. The van der Waals surface area contributed by atoms with Crippen molar-refractivity contribution in [3.63, 3.8) is 0 Å². The number of nitrogens with zero attached hydrogens (tertiary/aromatic N) is 4. The van der Waals surface area contributed by atoms with Crippen molar-refractivity contribution in [3.05, 3.63) is 126 Å². The molecule has 0 aromatic heterocycles. The molecule has 80 heavy (non-hydrogen) atoms. The van der Waals surface area contributed by atoms with E-state index in [2.05, 4.69) is 80.9 Å². The number of carbonyl (C=O) groups is 2. The normalized spacial score (nSPS) is 19.1. The first-order valence-electron chi connectivity index (χ1n) is 28.1. The Kier molecular flexibility index (Phi) is 21.8. The first-order chi connectivity index (χ1) is 38.2. The van der Waals surface area contributed by atoms with Crippen LogP contribution in [-0.4, -0.2) is 168 Å². The quantitative estimate of drug-likeness (QED) is 0.0436. The van der Waals surface area contributed by atoms with Crippen molar-refractivity contribution in [3.8, 4) is 0 Å². The predicted molar refractivity (Wildman–Crippen MR) is 315 cm³/mol. The summed E-state index contributed by atoms with van der Waals surface area (Å²) in [5.41, 5.74) is 10.7. The van der Waals surface area contributed by atoms with E-state index in [1.807, 2.05) is 36.4 Å². The standard InChI is InChI=1S/C58H82Cl2N10O8S2/c1-39-31-43(59)33-47-49(39)35-67(3)37-51(47)45-9-7-11-53(79(61,73)74)55(45)41-13-21-69(22-14-41)25-29-77-27-19-65-57(71)63-17-5-6-18-64-58(72)66-20-28-78-30-26-70-23-15-42(16-24-70)56-46(10-8-12-54(56)80(62,75)76)52-38-68(4)36-50-40(2)32-44(60)34-48(50)52/h7-12,31-34,41-42,51-52H,5-6,13-30,35-38H2,1-4H3,(H2,61,73,74)(H2,62,75,76)(H2,63,65,71)(H2,64,66,72). The number of sulfonamides is 2. The van der Waals surface area contributed by atoms with E-state index in [9.17, 15) is 26.4 Å². The highest BCUT2D eigenvalue weighted by atomic mass is 35.5. The number of likely N-dealkylation sites (N-methyl/N-ethyl adjacent to an activating group) is 2. The van der Waals surface area contributed by atoms with Gasteiger partial charge in [-0.05, 0) is 197 Å². The number of hydrogen-bond acceptors (Lipinski definition) is 12.